The molecule has 2 aromatic carbocycles. The van der Waals surface area contributed by atoms with Crippen molar-refractivity contribution in [3.05, 3.63) is 128 Å². The van der Waals surface area contributed by atoms with Crippen LogP contribution in [0.4, 0.5) is 0 Å². The predicted molar refractivity (Wildman–Crippen MR) is 188 cm³/mol. The first-order valence-electron chi connectivity index (χ1n) is 16.8. The molecular formula is C42H48Si. The molecule has 0 N–H and O–H groups in total. The summed E-state index contributed by atoms with van der Waals surface area (Å²) in [5, 5.41) is 0. The SMILES string of the molecule is CC1=Cc2c(cc3c(c2C2C=CC=C2)CC(C)(C)C3)C1[Si](C)(C)C1C(C)=Cc2c1cc1c(c2C2C=CC=C2)CC(C)(C)C1. The molecule has 2 aromatic rings. The monoisotopic (exact) mass is 580 g/mol. The van der Waals surface area contributed by atoms with Gasteiger partial charge in [-0.05, 0) is 106 Å². The van der Waals surface area contributed by atoms with Gasteiger partial charge in [0.05, 0.1) is 8.07 Å². The van der Waals surface area contributed by atoms with Crippen molar-refractivity contribution in [3.8, 4) is 0 Å². The molecule has 2 atom stereocenters. The van der Waals surface area contributed by atoms with E-state index in [1.54, 1.807) is 66.8 Å². The van der Waals surface area contributed by atoms with Gasteiger partial charge in [-0.3, -0.25) is 0 Å². The molecule has 0 aromatic heterocycles. The Kier molecular flexibility index (Phi) is 5.83. The van der Waals surface area contributed by atoms with Crippen LogP contribution >= 0.6 is 0 Å². The lowest BCUT2D eigenvalue weighted by molar-refractivity contribution is 0.391. The van der Waals surface area contributed by atoms with E-state index in [9.17, 15) is 0 Å². The maximum absolute atomic E-state index is 2.72. The highest BCUT2D eigenvalue weighted by Gasteiger charge is 2.49. The summed E-state index contributed by atoms with van der Waals surface area (Å²) in [4.78, 5) is 0. The zero-order valence-electron chi connectivity index (χ0n) is 27.6. The molecule has 0 saturated carbocycles. The van der Waals surface area contributed by atoms with E-state index in [0.717, 1.165) is 0 Å². The Morgan fingerprint density at radius 1 is 0.581 bits per heavy atom. The van der Waals surface area contributed by atoms with E-state index in [4.69, 9.17) is 0 Å². The van der Waals surface area contributed by atoms with Gasteiger partial charge >= 0.3 is 0 Å². The van der Waals surface area contributed by atoms with Crippen LogP contribution in [0.25, 0.3) is 12.2 Å². The third-order valence-corrected chi connectivity index (χ3v) is 16.4. The lowest BCUT2D eigenvalue weighted by Gasteiger charge is -2.39. The Morgan fingerprint density at radius 2 is 0.953 bits per heavy atom. The third kappa shape index (κ3) is 4.06. The molecule has 6 aliphatic rings. The number of hydrogen-bond acceptors (Lipinski definition) is 0. The summed E-state index contributed by atoms with van der Waals surface area (Å²) in [6.45, 7) is 20.2. The summed E-state index contributed by atoms with van der Waals surface area (Å²) in [7, 11) is -1.94. The first kappa shape index (κ1) is 27.6. The fourth-order valence-corrected chi connectivity index (χ4v) is 15.5. The lowest BCUT2D eigenvalue weighted by Crippen LogP contribution is -2.42. The van der Waals surface area contributed by atoms with Gasteiger partial charge in [-0.15, -0.1) is 0 Å². The Balaban J connectivity index is 1.29. The predicted octanol–water partition coefficient (Wildman–Crippen LogP) is 10.8. The minimum absolute atomic E-state index is 0.344. The highest BCUT2D eigenvalue weighted by molar-refractivity contribution is 6.81. The van der Waals surface area contributed by atoms with Crippen molar-refractivity contribution in [2.45, 2.75) is 103 Å². The minimum atomic E-state index is -1.94. The van der Waals surface area contributed by atoms with Gasteiger partial charge in [0, 0.05) is 22.9 Å². The van der Waals surface area contributed by atoms with Crippen LogP contribution in [-0.4, -0.2) is 8.07 Å². The molecule has 0 nitrogen and oxygen atoms in total. The molecule has 2 unspecified atom stereocenters. The summed E-state index contributed by atoms with van der Waals surface area (Å²) >= 11 is 0. The van der Waals surface area contributed by atoms with Crippen molar-refractivity contribution in [2.24, 2.45) is 10.8 Å². The normalized spacial score (nSPS) is 25.9. The molecule has 43 heavy (non-hydrogen) atoms. The highest BCUT2D eigenvalue weighted by atomic mass is 28.3. The molecule has 220 valence electrons. The molecule has 1 heteroatoms. The lowest BCUT2D eigenvalue weighted by atomic mass is 9.85. The summed E-state index contributed by atoms with van der Waals surface area (Å²) in [5.41, 5.74) is 21.2. The van der Waals surface area contributed by atoms with Crippen molar-refractivity contribution in [1.29, 1.82) is 0 Å². The van der Waals surface area contributed by atoms with Gasteiger partial charge in [0.2, 0.25) is 0 Å². The van der Waals surface area contributed by atoms with Crippen molar-refractivity contribution >= 4 is 20.2 Å². The van der Waals surface area contributed by atoms with Crippen LogP contribution in [0.5, 0.6) is 0 Å². The van der Waals surface area contributed by atoms with Crippen molar-refractivity contribution in [2.75, 3.05) is 0 Å². The zero-order valence-corrected chi connectivity index (χ0v) is 28.6. The number of benzene rings is 2. The van der Waals surface area contributed by atoms with Crippen LogP contribution in [0.15, 0.2) is 71.9 Å². The number of fused-ring (bicyclic) bond motifs is 4. The largest absolute Gasteiger partial charge is 0.0732 e. The average Bonchev–Trinajstić information content (AvgIpc) is 3.72. The van der Waals surface area contributed by atoms with Gasteiger partial charge < -0.3 is 0 Å². The number of rotatable bonds is 4. The van der Waals surface area contributed by atoms with Crippen molar-refractivity contribution in [3.63, 3.8) is 0 Å². The number of hydrogen-bond donors (Lipinski definition) is 0. The fraction of sp³-hybridized carbons (Fsp3) is 0.429. The smallest absolute Gasteiger partial charge is 0.0722 e. The Bertz CT molecular complexity index is 1620. The number of allylic oxidation sites excluding steroid dienone is 10. The molecular weight excluding hydrogens is 533 g/mol. The van der Waals surface area contributed by atoms with Crippen LogP contribution in [0.3, 0.4) is 0 Å². The Labute approximate surface area is 261 Å². The first-order valence-corrected chi connectivity index (χ1v) is 19.9. The summed E-state index contributed by atoms with van der Waals surface area (Å²) in [6, 6.07) is 5.38. The maximum atomic E-state index is 2.72. The molecule has 6 aliphatic carbocycles. The molecule has 0 spiro atoms. The third-order valence-electron chi connectivity index (χ3n) is 11.9. The summed E-state index contributed by atoms with van der Waals surface area (Å²) in [5.74, 6) is 0.833. The highest BCUT2D eigenvalue weighted by Crippen LogP contribution is 2.57. The van der Waals surface area contributed by atoms with E-state index in [-0.39, 0.29) is 0 Å². The summed E-state index contributed by atoms with van der Waals surface area (Å²) in [6.07, 6.45) is 28.8. The second-order valence-electron chi connectivity index (χ2n) is 17.0. The quantitative estimate of drug-likeness (QED) is 0.316. The molecule has 0 amide bonds. The molecule has 0 aliphatic heterocycles. The van der Waals surface area contributed by atoms with Crippen LogP contribution < -0.4 is 0 Å². The second kappa shape index (κ2) is 9.07. The van der Waals surface area contributed by atoms with Gasteiger partial charge in [-0.2, -0.15) is 0 Å². The topological polar surface area (TPSA) is 0 Å². The van der Waals surface area contributed by atoms with E-state index < -0.39 is 8.07 Å². The minimum Gasteiger partial charge on any atom is -0.0732 e. The van der Waals surface area contributed by atoms with Gasteiger partial charge in [-0.1, -0.05) is 125 Å². The molecule has 0 radical (unpaired) electrons. The molecule has 0 bridgehead atoms. The van der Waals surface area contributed by atoms with E-state index in [1.807, 2.05) is 0 Å². The zero-order chi connectivity index (χ0) is 30.1. The maximum Gasteiger partial charge on any atom is 0.0722 e. The van der Waals surface area contributed by atoms with E-state index >= 15 is 0 Å². The van der Waals surface area contributed by atoms with Crippen LogP contribution in [0, 0.1) is 10.8 Å². The standard InChI is InChI=1S/C42H48Si/c1-25-17-31-33(19-29-21-41(3,4)23-35(29)37(31)27-13-9-10-14-27)39(25)43(7,8)40-26(2)18-32-34(40)20-30-22-42(5,6)24-36(30)38(32)28-15-11-12-16-28/h9-20,27-28,39-40H,21-24H2,1-8H3. The van der Waals surface area contributed by atoms with Crippen LogP contribution in [-0.2, 0) is 25.7 Å². The van der Waals surface area contributed by atoms with Crippen molar-refractivity contribution in [1.82, 2.24) is 0 Å². The molecule has 0 saturated heterocycles. The van der Waals surface area contributed by atoms with E-state index in [1.165, 1.54) is 25.7 Å². The van der Waals surface area contributed by atoms with Crippen LogP contribution in [0.1, 0.15) is 120 Å². The fourth-order valence-electron chi connectivity index (χ4n) is 10.6. The molecule has 8 rings (SSSR count). The first-order chi connectivity index (χ1) is 20.3. The van der Waals surface area contributed by atoms with Gasteiger partial charge in [0.25, 0.3) is 0 Å². The Hall–Kier alpha value is -2.90. The van der Waals surface area contributed by atoms with Crippen LogP contribution in [0.2, 0.25) is 13.1 Å². The Morgan fingerprint density at radius 3 is 1.33 bits per heavy atom. The molecule has 0 fully saturated rings. The summed E-state index contributed by atoms with van der Waals surface area (Å²) < 4.78 is 0. The van der Waals surface area contributed by atoms with Gasteiger partial charge in [0.1, 0.15) is 0 Å². The average molecular weight is 581 g/mol. The van der Waals surface area contributed by atoms with E-state index in [0.29, 0.717) is 33.7 Å². The van der Waals surface area contributed by atoms with Gasteiger partial charge in [-0.25, -0.2) is 0 Å². The van der Waals surface area contributed by atoms with Gasteiger partial charge in [0.15, 0.2) is 0 Å². The van der Waals surface area contributed by atoms with Crippen molar-refractivity contribution < 1.29 is 0 Å². The second-order valence-corrected chi connectivity index (χ2v) is 21.7. The molecule has 0 heterocycles. The van der Waals surface area contributed by atoms with E-state index in [2.05, 4.69) is 128 Å².